The van der Waals surface area contributed by atoms with Crippen molar-refractivity contribution in [2.75, 3.05) is 51.8 Å². The number of esters is 1. The van der Waals surface area contributed by atoms with Gasteiger partial charge in [0, 0.05) is 43.3 Å². The van der Waals surface area contributed by atoms with E-state index in [1.807, 2.05) is 36.5 Å². The predicted molar refractivity (Wildman–Crippen MR) is 131 cm³/mol. The number of rotatable bonds is 7. The third-order valence-electron chi connectivity index (χ3n) is 6.08. The van der Waals surface area contributed by atoms with Gasteiger partial charge in [-0.25, -0.2) is 0 Å². The second kappa shape index (κ2) is 11.2. The van der Waals surface area contributed by atoms with Crippen molar-refractivity contribution in [3.63, 3.8) is 0 Å². The first-order valence-corrected chi connectivity index (χ1v) is 11.8. The van der Waals surface area contributed by atoms with Gasteiger partial charge in [0.25, 0.3) is 5.91 Å². The summed E-state index contributed by atoms with van der Waals surface area (Å²) in [5, 5.41) is 9.57. The number of carbonyl (C=O) groups is 2. The van der Waals surface area contributed by atoms with Gasteiger partial charge in [0.05, 0.1) is 25.8 Å². The number of ether oxygens (including phenoxy) is 2. The van der Waals surface area contributed by atoms with Crippen LogP contribution in [0.25, 0.3) is 0 Å². The van der Waals surface area contributed by atoms with Crippen LogP contribution < -0.4 is 10.1 Å². The quantitative estimate of drug-likeness (QED) is 0.501. The molecular weight excluding hydrogens is 432 g/mol. The minimum Gasteiger partial charge on any atom is -0.493 e. The number of hydrazone groups is 1. The van der Waals surface area contributed by atoms with Gasteiger partial charge >= 0.3 is 5.97 Å². The Labute approximate surface area is 200 Å². The van der Waals surface area contributed by atoms with Gasteiger partial charge in [0.2, 0.25) is 0 Å². The highest BCUT2D eigenvalue weighted by atomic mass is 16.5. The largest absolute Gasteiger partial charge is 0.493 e. The Morgan fingerprint density at radius 3 is 2.65 bits per heavy atom. The minimum absolute atomic E-state index is 0.0672. The van der Waals surface area contributed by atoms with Gasteiger partial charge in [-0.1, -0.05) is 12.1 Å². The van der Waals surface area contributed by atoms with E-state index in [4.69, 9.17) is 9.47 Å². The summed E-state index contributed by atoms with van der Waals surface area (Å²) in [4.78, 5) is 26.9. The van der Waals surface area contributed by atoms with Crippen LogP contribution in [-0.2, 0) is 16.0 Å². The van der Waals surface area contributed by atoms with Crippen molar-refractivity contribution in [2.24, 2.45) is 11.0 Å². The molecule has 0 aromatic heterocycles. The van der Waals surface area contributed by atoms with Gasteiger partial charge in [-0.15, -0.1) is 0 Å². The SMILES string of the molecule is CCOC(=O)CC1COc2ccc(NC(=O)c3ccc(C=NN4CCN(C)CC4)cc3)cc2C1. The standard InChI is InChI=1S/C26H32N4O4/c1-3-33-25(31)15-20-14-22-16-23(8-9-24(22)34-18-20)28-26(32)21-6-4-19(5-7-21)17-27-30-12-10-29(2)11-13-30/h4-9,16-17,20H,3,10-15,18H2,1-2H3,(H,28,32). The molecule has 2 aliphatic rings. The monoisotopic (exact) mass is 464 g/mol. The maximum absolute atomic E-state index is 12.8. The Kier molecular flexibility index (Phi) is 7.80. The number of nitrogens with zero attached hydrogens (tertiary/aromatic N) is 3. The van der Waals surface area contributed by atoms with Crippen LogP contribution in [0.3, 0.4) is 0 Å². The van der Waals surface area contributed by atoms with Crippen molar-refractivity contribution in [3.05, 3.63) is 59.2 Å². The van der Waals surface area contributed by atoms with Crippen molar-refractivity contribution in [1.29, 1.82) is 0 Å². The maximum Gasteiger partial charge on any atom is 0.306 e. The second-order valence-electron chi connectivity index (χ2n) is 8.79. The first-order valence-electron chi connectivity index (χ1n) is 11.8. The molecule has 2 aromatic rings. The lowest BCUT2D eigenvalue weighted by Crippen LogP contribution is -2.41. The number of hydrogen-bond acceptors (Lipinski definition) is 7. The zero-order valence-electron chi connectivity index (χ0n) is 19.8. The first kappa shape index (κ1) is 23.8. The molecule has 0 bridgehead atoms. The van der Waals surface area contributed by atoms with Crippen molar-refractivity contribution < 1.29 is 19.1 Å². The second-order valence-corrected chi connectivity index (χ2v) is 8.79. The molecular formula is C26H32N4O4. The van der Waals surface area contributed by atoms with Crippen LogP contribution in [0.15, 0.2) is 47.6 Å². The third kappa shape index (κ3) is 6.35. The highest BCUT2D eigenvalue weighted by molar-refractivity contribution is 6.04. The van der Waals surface area contributed by atoms with Crippen LogP contribution in [0.1, 0.15) is 34.8 Å². The Morgan fingerprint density at radius 1 is 1.15 bits per heavy atom. The summed E-state index contributed by atoms with van der Waals surface area (Å²) in [5.74, 6) is 0.475. The Bertz CT molecular complexity index is 1030. The predicted octanol–water partition coefficient (Wildman–Crippen LogP) is 3.02. The summed E-state index contributed by atoms with van der Waals surface area (Å²) in [6.45, 7) is 6.53. The lowest BCUT2D eigenvalue weighted by Gasteiger charge is -2.30. The molecule has 1 saturated heterocycles. The summed E-state index contributed by atoms with van der Waals surface area (Å²) >= 11 is 0. The van der Waals surface area contributed by atoms with Gasteiger partial charge in [-0.3, -0.25) is 14.6 Å². The van der Waals surface area contributed by atoms with Crippen LogP contribution in [0.2, 0.25) is 0 Å². The van der Waals surface area contributed by atoms with Gasteiger partial charge in [0.1, 0.15) is 5.75 Å². The number of nitrogens with one attached hydrogen (secondary N) is 1. The Balaban J connectivity index is 1.33. The van der Waals surface area contributed by atoms with Gasteiger partial charge in [-0.05, 0) is 61.9 Å². The number of benzene rings is 2. The molecule has 0 radical (unpaired) electrons. The molecule has 2 heterocycles. The lowest BCUT2D eigenvalue weighted by atomic mass is 9.93. The zero-order valence-corrected chi connectivity index (χ0v) is 19.8. The Morgan fingerprint density at radius 2 is 1.91 bits per heavy atom. The number of hydrogen-bond donors (Lipinski definition) is 1. The van der Waals surface area contributed by atoms with Gasteiger partial charge < -0.3 is 19.7 Å². The highest BCUT2D eigenvalue weighted by Crippen LogP contribution is 2.31. The van der Waals surface area contributed by atoms with E-state index in [0.29, 0.717) is 37.3 Å². The van der Waals surface area contributed by atoms with Crippen LogP contribution in [-0.4, -0.2) is 74.4 Å². The molecule has 4 rings (SSSR count). The number of likely N-dealkylation sites (N-methyl/N-ethyl adjacent to an activating group) is 1. The molecule has 8 heteroatoms. The highest BCUT2D eigenvalue weighted by Gasteiger charge is 2.23. The van der Waals surface area contributed by atoms with E-state index in [1.165, 1.54) is 0 Å². The fourth-order valence-corrected chi connectivity index (χ4v) is 4.11. The van der Waals surface area contributed by atoms with Gasteiger partial charge in [-0.2, -0.15) is 5.10 Å². The third-order valence-corrected chi connectivity index (χ3v) is 6.08. The summed E-state index contributed by atoms with van der Waals surface area (Å²) in [6, 6.07) is 13.0. The van der Waals surface area contributed by atoms with Crippen LogP contribution in [0, 0.1) is 5.92 Å². The molecule has 1 fully saturated rings. The van der Waals surface area contributed by atoms with Crippen molar-refractivity contribution in [2.45, 2.75) is 19.8 Å². The number of carbonyl (C=O) groups excluding carboxylic acids is 2. The molecule has 1 amide bonds. The Hall–Kier alpha value is -3.39. The maximum atomic E-state index is 12.8. The van der Waals surface area contributed by atoms with E-state index in [2.05, 4.69) is 27.4 Å². The summed E-state index contributed by atoms with van der Waals surface area (Å²) in [5.41, 5.74) is 3.21. The summed E-state index contributed by atoms with van der Waals surface area (Å²) < 4.78 is 10.9. The zero-order chi connectivity index (χ0) is 23.9. The molecule has 0 spiro atoms. The number of amides is 1. The fourth-order valence-electron chi connectivity index (χ4n) is 4.11. The molecule has 34 heavy (non-hydrogen) atoms. The smallest absolute Gasteiger partial charge is 0.306 e. The van der Waals surface area contributed by atoms with Crippen LogP contribution >= 0.6 is 0 Å². The van der Waals surface area contributed by atoms with Crippen LogP contribution in [0.4, 0.5) is 5.69 Å². The van der Waals surface area contributed by atoms with E-state index >= 15 is 0 Å². The molecule has 8 nitrogen and oxygen atoms in total. The van der Waals surface area contributed by atoms with E-state index in [1.54, 1.807) is 19.1 Å². The average Bonchev–Trinajstić information content (AvgIpc) is 2.84. The molecule has 1 N–H and O–H groups in total. The fraction of sp³-hybridized carbons (Fsp3) is 0.423. The van der Waals surface area contributed by atoms with E-state index in [-0.39, 0.29) is 17.8 Å². The number of fused-ring (bicyclic) bond motifs is 1. The normalized spacial score (nSPS) is 18.3. The van der Waals surface area contributed by atoms with Crippen LogP contribution in [0.5, 0.6) is 5.75 Å². The molecule has 1 unspecified atom stereocenters. The van der Waals surface area contributed by atoms with E-state index in [0.717, 1.165) is 43.1 Å². The topological polar surface area (TPSA) is 83.5 Å². The lowest BCUT2D eigenvalue weighted by molar-refractivity contribution is -0.144. The minimum atomic E-state index is -0.207. The molecule has 180 valence electrons. The molecule has 2 aromatic carbocycles. The first-order chi connectivity index (χ1) is 16.5. The van der Waals surface area contributed by atoms with Gasteiger partial charge in [0.15, 0.2) is 0 Å². The number of anilines is 1. The molecule has 1 atom stereocenters. The summed E-state index contributed by atoms with van der Waals surface area (Å²) in [6.07, 6.45) is 2.87. The van der Waals surface area contributed by atoms with Crippen molar-refractivity contribution in [1.82, 2.24) is 9.91 Å². The van der Waals surface area contributed by atoms with E-state index < -0.39 is 0 Å². The molecule has 2 aliphatic heterocycles. The van der Waals surface area contributed by atoms with Crippen molar-refractivity contribution in [3.8, 4) is 5.75 Å². The van der Waals surface area contributed by atoms with E-state index in [9.17, 15) is 9.59 Å². The molecule has 0 aliphatic carbocycles. The van der Waals surface area contributed by atoms with Crippen molar-refractivity contribution >= 4 is 23.8 Å². The number of piperazine rings is 1. The molecule has 0 saturated carbocycles. The average molecular weight is 465 g/mol. The summed E-state index contributed by atoms with van der Waals surface area (Å²) in [7, 11) is 2.12.